The molecular formula is C31H53N3O5S. The normalized spacial score (nSPS) is 13.8. The van der Waals surface area contributed by atoms with Crippen LogP contribution in [0.4, 0.5) is 4.79 Å². The van der Waals surface area contributed by atoms with Crippen molar-refractivity contribution in [2.45, 2.75) is 118 Å². The lowest BCUT2D eigenvalue weighted by molar-refractivity contribution is -0.145. The predicted molar refractivity (Wildman–Crippen MR) is 165 cm³/mol. The van der Waals surface area contributed by atoms with E-state index < -0.39 is 23.8 Å². The number of nitrogens with zero attached hydrogens (tertiary/aromatic N) is 1. The second-order valence-electron chi connectivity index (χ2n) is 12.0. The molecule has 0 saturated heterocycles. The summed E-state index contributed by atoms with van der Waals surface area (Å²) in [4.78, 5) is 42.7. The van der Waals surface area contributed by atoms with Gasteiger partial charge in [-0.2, -0.15) is 11.8 Å². The van der Waals surface area contributed by atoms with E-state index in [1.165, 1.54) is 0 Å². The topological polar surface area (TPSA) is 108 Å². The third-order valence-electron chi connectivity index (χ3n) is 6.63. The van der Waals surface area contributed by atoms with Gasteiger partial charge in [-0.15, -0.1) is 0 Å². The van der Waals surface area contributed by atoms with Crippen LogP contribution in [0.15, 0.2) is 18.2 Å². The summed E-state index contributed by atoms with van der Waals surface area (Å²) in [6, 6.07) is 2.96. The fraction of sp³-hybridized carbons (Fsp3) is 0.710. The van der Waals surface area contributed by atoms with Gasteiger partial charge in [-0.25, -0.2) is 4.79 Å². The molecule has 3 atom stereocenters. The Morgan fingerprint density at radius 1 is 1.07 bits per heavy atom. The molecule has 228 valence electrons. The largest absolute Gasteiger partial charge is 0.508 e. The first-order valence-electron chi connectivity index (χ1n) is 14.6. The van der Waals surface area contributed by atoms with Crippen molar-refractivity contribution < 1.29 is 24.2 Å². The summed E-state index contributed by atoms with van der Waals surface area (Å²) in [6.07, 6.45) is 6.12. The fourth-order valence-corrected chi connectivity index (χ4v) is 4.88. The average Bonchev–Trinajstić information content (AvgIpc) is 2.86. The maximum absolute atomic E-state index is 14.4. The van der Waals surface area contributed by atoms with Gasteiger partial charge in [0.1, 0.15) is 23.4 Å². The molecule has 0 aliphatic heterocycles. The zero-order chi connectivity index (χ0) is 30.5. The molecule has 3 unspecified atom stereocenters. The Labute approximate surface area is 246 Å². The van der Waals surface area contributed by atoms with Crippen LogP contribution in [0.3, 0.4) is 0 Å². The second-order valence-corrected chi connectivity index (χ2v) is 13.0. The van der Waals surface area contributed by atoms with Gasteiger partial charge in [-0.05, 0) is 101 Å². The zero-order valence-electron chi connectivity index (χ0n) is 26.1. The number of amides is 3. The van der Waals surface area contributed by atoms with E-state index in [2.05, 4.69) is 31.4 Å². The first-order valence-corrected chi connectivity index (χ1v) is 16.0. The summed E-state index contributed by atoms with van der Waals surface area (Å²) in [5.74, 6) is 0.597. The molecule has 1 rings (SSSR count). The van der Waals surface area contributed by atoms with Crippen molar-refractivity contribution in [2.24, 2.45) is 5.92 Å². The summed E-state index contributed by atoms with van der Waals surface area (Å²) in [6.45, 7) is 15.9. The van der Waals surface area contributed by atoms with E-state index in [-0.39, 0.29) is 23.6 Å². The van der Waals surface area contributed by atoms with Crippen LogP contribution in [-0.4, -0.2) is 64.2 Å². The number of carbonyl (C=O) groups is 3. The summed E-state index contributed by atoms with van der Waals surface area (Å²) >= 11 is 1.58. The maximum Gasteiger partial charge on any atom is 0.408 e. The number of nitrogens with one attached hydrogen (secondary N) is 2. The van der Waals surface area contributed by atoms with E-state index in [9.17, 15) is 19.5 Å². The third-order valence-corrected chi connectivity index (χ3v) is 7.28. The number of alkyl carbamates (subject to hydrolysis) is 1. The quantitative estimate of drug-likeness (QED) is 0.197. The number of phenols is 1. The molecule has 0 saturated carbocycles. The Morgan fingerprint density at radius 3 is 2.30 bits per heavy atom. The number of thioether (sulfide) groups is 1. The molecule has 0 radical (unpaired) electrons. The highest BCUT2D eigenvalue weighted by atomic mass is 32.2. The average molecular weight is 580 g/mol. The number of carbonyl (C=O) groups excluding carboxylic acids is 3. The van der Waals surface area contributed by atoms with Crippen molar-refractivity contribution in [3.63, 3.8) is 0 Å². The van der Waals surface area contributed by atoms with Gasteiger partial charge < -0.3 is 25.4 Å². The van der Waals surface area contributed by atoms with Crippen LogP contribution in [-0.2, 0) is 14.3 Å². The van der Waals surface area contributed by atoms with E-state index in [1.807, 2.05) is 13.2 Å². The van der Waals surface area contributed by atoms with Crippen LogP contribution >= 0.6 is 11.8 Å². The number of aryl methyl sites for hydroxylation is 1. The predicted octanol–water partition coefficient (Wildman–Crippen LogP) is 6.35. The Morgan fingerprint density at radius 2 is 1.75 bits per heavy atom. The molecule has 0 aliphatic rings. The number of ether oxygens (including phenoxy) is 1. The molecule has 3 N–H and O–H groups in total. The van der Waals surface area contributed by atoms with E-state index in [4.69, 9.17) is 4.74 Å². The molecule has 8 nitrogen and oxygen atoms in total. The summed E-state index contributed by atoms with van der Waals surface area (Å²) in [7, 11) is 0. The molecule has 1 aromatic rings. The van der Waals surface area contributed by atoms with Gasteiger partial charge in [-0.1, -0.05) is 39.7 Å². The Bertz CT molecular complexity index is 947. The van der Waals surface area contributed by atoms with Crippen LogP contribution in [0.25, 0.3) is 0 Å². The third kappa shape index (κ3) is 12.4. The lowest BCUT2D eigenvalue weighted by Crippen LogP contribution is -2.55. The molecule has 0 fully saturated rings. The Hall–Kier alpha value is -2.42. The number of unbranched alkanes of at least 4 members (excludes halogenated alkanes) is 2. The van der Waals surface area contributed by atoms with Gasteiger partial charge >= 0.3 is 6.09 Å². The van der Waals surface area contributed by atoms with Crippen LogP contribution in [0.2, 0.25) is 0 Å². The van der Waals surface area contributed by atoms with Crippen LogP contribution < -0.4 is 10.6 Å². The smallest absolute Gasteiger partial charge is 0.408 e. The fourth-order valence-electron chi connectivity index (χ4n) is 4.41. The molecule has 0 aromatic heterocycles. The van der Waals surface area contributed by atoms with Crippen molar-refractivity contribution in [2.75, 3.05) is 18.6 Å². The number of hydrogen-bond acceptors (Lipinski definition) is 6. The minimum atomic E-state index is -0.923. The number of aromatic hydroxyl groups is 1. The van der Waals surface area contributed by atoms with Crippen molar-refractivity contribution in [1.29, 1.82) is 0 Å². The summed E-state index contributed by atoms with van der Waals surface area (Å²) < 4.78 is 5.48. The highest BCUT2D eigenvalue weighted by Crippen LogP contribution is 2.30. The zero-order valence-corrected chi connectivity index (χ0v) is 27.0. The number of rotatable bonds is 16. The maximum atomic E-state index is 14.4. The molecule has 0 heterocycles. The first kappa shape index (κ1) is 35.6. The first-order chi connectivity index (χ1) is 18.7. The highest BCUT2D eigenvalue weighted by molar-refractivity contribution is 7.98. The Balaban J connectivity index is 3.59. The highest BCUT2D eigenvalue weighted by Gasteiger charge is 2.38. The van der Waals surface area contributed by atoms with Gasteiger partial charge in [0.15, 0.2) is 0 Å². The van der Waals surface area contributed by atoms with Crippen molar-refractivity contribution in [1.82, 2.24) is 15.5 Å². The van der Waals surface area contributed by atoms with Gasteiger partial charge in [0.25, 0.3) is 0 Å². The molecule has 3 amide bonds. The van der Waals surface area contributed by atoms with E-state index in [0.29, 0.717) is 42.2 Å². The summed E-state index contributed by atoms with van der Waals surface area (Å²) in [5, 5.41) is 16.0. The Kier molecular flexibility index (Phi) is 15.5. The monoisotopic (exact) mass is 579 g/mol. The molecular weight excluding hydrogens is 526 g/mol. The number of benzene rings is 1. The lowest BCUT2D eigenvalue weighted by Gasteiger charge is -2.39. The standard InChI is InChI=1S/C31H53N3O5S/c1-10-11-12-18-32-28(36)27(24-15-16-26(35)22(4)20-24)34(23(5)14-13-21(2)3)29(37)25(17-19-40-9)33-30(38)39-31(6,7)8/h15-16,20-21,23,25,27,35H,10-14,17-19H2,1-9H3,(H,32,36)(H,33,38). The minimum absolute atomic E-state index is 0.126. The molecule has 0 aliphatic carbocycles. The van der Waals surface area contributed by atoms with Gasteiger partial charge in [0, 0.05) is 12.6 Å². The number of phenolic OH excluding ortho intramolecular Hbond substituents is 1. The molecule has 0 bridgehead atoms. The molecule has 0 spiro atoms. The van der Waals surface area contributed by atoms with Crippen molar-refractivity contribution >= 4 is 29.7 Å². The molecule has 40 heavy (non-hydrogen) atoms. The van der Waals surface area contributed by atoms with Gasteiger partial charge in [0.05, 0.1) is 0 Å². The van der Waals surface area contributed by atoms with Crippen LogP contribution in [0.5, 0.6) is 5.75 Å². The summed E-state index contributed by atoms with van der Waals surface area (Å²) in [5.41, 5.74) is 0.523. The van der Waals surface area contributed by atoms with Crippen molar-refractivity contribution in [3.05, 3.63) is 29.3 Å². The molecule has 9 heteroatoms. The van der Waals surface area contributed by atoms with Gasteiger partial charge in [0.2, 0.25) is 11.8 Å². The van der Waals surface area contributed by atoms with Crippen LogP contribution in [0, 0.1) is 12.8 Å². The SMILES string of the molecule is CCCCCNC(=O)C(c1ccc(O)c(C)c1)N(C(=O)C(CCSC)NC(=O)OC(C)(C)C)C(C)CCC(C)C. The van der Waals surface area contributed by atoms with E-state index >= 15 is 0 Å². The molecule has 1 aromatic carbocycles. The van der Waals surface area contributed by atoms with Crippen molar-refractivity contribution in [3.8, 4) is 5.75 Å². The van der Waals surface area contributed by atoms with Crippen LogP contribution in [0.1, 0.15) is 104 Å². The van der Waals surface area contributed by atoms with E-state index in [1.54, 1.807) is 62.6 Å². The lowest BCUT2D eigenvalue weighted by atomic mass is 9.96. The minimum Gasteiger partial charge on any atom is -0.508 e. The van der Waals surface area contributed by atoms with E-state index in [0.717, 1.165) is 25.7 Å². The van der Waals surface area contributed by atoms with Gasteiger partial charge in [-0.3, -0.25) is 9.59 Å². The second kappa shape index (κ2) is 17.4. The number of hydrogen-bond donors (Lipinski definition) is 3.